The van der Waals surface area contributed by atoms with E-state index in [4.69, 9.17) is 64.2 Å². The molecule has 3 aromatic carbocycles. The topological polar surface area (TPSA) is 187 Å². The second-order valence-corrected chi connectivity index (χ2v) is 16.3. The molecule has 19 heteroatoms. The number of methoxy groups -OCH3 is 1. The van der Waals surface area contributed by atoms with Crippen LogP contribution in [0.2, 0.25) is 15.1 Å². The van der Waals surface area contributed by atoms with Gasteiger partial charge < -0.3 is 29.4 Å². The summed E-state index contributed by atoms with van der Waals surface area (Å²) in [6.07, 6.45) is 0.613. The second-order valence-electron chi connectivity index (χ2n) is 13.2. The third-order valence-electron chi connectivity index (χ3n) is 9.47. The molecule has 0 radical (unpaired) electrons. The molecule has 1 saturated carbocycles. The van der Waals surface area contributed by atoms with E-state index in [0.717, 1.165) is 31.6 Å². The molecule has 2 N–H and O–H groups in total. The highest BCUT2D eigenvalue weighted by molar-refractivity contribution is 7.90. The summed E-state index contributed by atoms with van der Waals surface area (Å²) in [4.78, 5) is 57.6. The lowest BCUT2D eigenvalue weighted by molar-refractivity contribution is -0.134. The Morgan fingerprint density at radius 3 is 2.29 bits per heavy atom. The fourth-order valence-electron chi connectivity index (χ4n) is 6.52. The maximum Gasteiger partial charge on any atom is 0.358 e. The number of Topliss-reactive ketones (excluding diaryl/α,β-unsaturated/α-hetero) is 3. The first kappa shape index (κ1) is 42.9. The number of hydrogen-bond acceptors (Lipinski definition) is 13. The van der Waals surface area contributed by atoms with Gasteiger partial charge in [-0.25, -0.2) is 27.0 Å². The smallest absolute Gasteiger partial charge is 0.358 e. The minimum absolute atomic E-state index is 0.0723. The van der Waals surface area contributed by atoms with Crippen LogP contribution in [0.5, 0.6) is 11.5 Å². The van der Waals surface area contributed by atoms with Crippen molar-refractivity contribution in [2.24, 2.45) is 5.92 Å². The minimum atomic E-state index is -3.88. The van der Waals surface area contributed by atoms with Crippen LogP contribution in [0.15, 0.2) is 53.4 Å². The van der Waals surface area contributed by atoms with Crippen LogP contribution >= 0.6 is 34.8 Å². The van der Waals surface area contributed by atoms with Gasteiger partial charge in [-0.2, -0.15) is 0 Å². The Hall–Kier alpha value is -4.71. The molecule has 0 amide bonds. The molecule has 13 nitrogen and oxygen atoms in total. The summed E-state index contributed by atoms with van der Waals surface area (Å²) >= 11 is 18.7. The molecule has 2 fully saturated rings. The van der Waals surface area contributed by atoms with E-state index in [1.54, 1.807) is 24.3 Å². The van der Waals surface area contributed by atoms with Gasteiger partial charge in [0.1, 0.15) is 23.1 Å². The molecule has 4 aromatic rings. The maximum absolute atomic E-state index is 15.2. The quantitative estimate of drug-likeness (QED) is 0.0823. The summed E-state index contributed by atoms with van der Waals surface area (Å²) in [5.74, 6) is -8.84. The minimum Gasteiger partial charge on any atom is -0.492 e. The van der Waals surface area contributed by atoms with Crippen molar-refractivity contribution in [3.8, 4) is 22.8 Å². The molecule has 1 aliphatic carbocycles. The number of sulfone groups is 1. The zero-order chi connectivity index (χ0) is 42.1. The Balaban J connectivity index is 1.17. The highest BCUT2D eigenvalue weighted by Gasteiger charge is 2.43. The molecule has 0 bridgehead atoms. The average Bonchev–Trinajstić information content (AvgIpc) is 3.71. The Morgan fingerprint density at radius 1 is 0.948 bits per heavy atom. The van der Waals surface area contributed by atoms with Gasteiger partial charge in [-0.05, 0) is 41.8 Å². The number of aromatic nitrogens is 1. The fraction of sp³-hybridized carbons (Fsp3) is 0.308. The average molecular weight is 882 g/mol. The number of esters is 1. The number of nitrogens with two attached hydrogens (primary N) is 1. The van der Waals surface area contributed by atoms with Crippen molar-refractivity contribution < 1.29 is 60.1 Å². The number of hydrogen-bond donors (Lipinski definition) is 1. The van der Waals surface area contributed by atoms with Crippen molar-refractivity contribution in [2.45, 2.75) is 43.0 Å². The summed E-state index contributed by atoms with van der Waals surface area (Å²) < 4.78 is 82.2. The van der Waals surface area contributed by atoms with Crippen LogP contribution in [0, 0.1) is 17.6 Å². The number of ether oxygens (including phenoxy) is 5. The van der Waals surface area contributed by atoms with Crippen molar-refractivity contribution in [1.29, 1.82) is 0 Å². The van der Waals surface area contributed by atoms with Crippen molar-refractivity contribution in [3.63, 3.8) is 0 Å². The number of anilines is 1. The van der Waals surface area contributed by atoms with E-state index in [0.29, 0.717) is 24.3 Å². The first-order chi connectivity index (χ1) is 27.5. The van der Waals surface area contributed by atoms with Gasteiger partial charge in [-0.3, -0.25) is 14.4 Å². The molecule has 1 aliphatic heterocycles. The summed E-state index contributed by atoms with van der Waals surface area (Å²) in [6, 6.07) is 10.9. The monoisotopic (exact) mass is 880 g/mol. The van der Waals surface area contributed by atoms with Crippen molar-refractivity contribution >= 4 is 73.6 Å². The molecule has 2 atom stereocenters. The molecule has 2 unspecified atom stereocenters. The SMILES string of the molecule is COc1c(Cl)ccc(-c2nc(C(=O)OCc3ccc(C4CCC(=O)C(C(=O)c5ccc(S(C)(=O)=O)c(OCCC6OCCO6)c5Cl)C4=O)cc3)c(Cl)c(N)c2F)c1F. The molecule has 2 aliphatic rings. The molecular formula is C39H33Cl3F2N2O11S. The van der Waals surface area contributed by atoms with Crippen LogP contribution in [0.3, 0.4) is 0 Å². The number of pyridine rings is 1. The lowest BCUT2D eigenvalue weighted by Gasteiger charge is -2.27. The maximum atomic E-state index is 15.2. The number of carbonyl (C=O) groups is 4. The van der Waals surface area contributed by atoms with E-state index in [2.05, 4.69) is 4.98 Å². The van der Waals surface area contributed by atoms with E-state index in [1.165, 1.54) is 6.07 Å². The number of nitrogens with zero attached hydrogens (tertiary/aromatic N) is 1. The molecule has 1 saturated heterocycles. The molecule has 2 heterocycles. The summed E-state index contributed by atoms with van der Waals surface area (Å²) in [7, 11) is -2.72. The fourth-order valence-corrected chi connectivity index (χ4v) is 8.13. The predicted octanol–water partition coefficient (Wildman–Crippen LogP) is 6.99. The van der Waals surface area contributed by atoms with Gasteiger partial charge in [0, 0.05) is 36.1 Å². The van der Waals surface area contributed by atoms with Gasteiger partial charge >= 0.3 is 5.97 Å². The van der Waals surface area contributed by atoms with Crippen LogP contribution < -0.4 is 15.2 Å². The number of nitrogen functional groups attached to an aromatic ring is 1. The lowest BCUT2D eigenvalue weighted by Crippen LogP contribution is -2.39. The highest BCUT2D eigenvalue weighted by Crippen LogP contribution is 2.41. The van der Waals surface area contributed by atoms with Gasteiger partial charge in [0.05, 0.1) is 47.7 Å². The Kier molecular flexibility index (Phi) is 13.0. The Morgan fingerprint density at radius 2 is 1.64 bits per heavy atom. The summed E-state index contributed by atoms with van der Waals surface area (Å²) in [5.41, 5.74) is 4.14. The van der Waals surface area contributed by atoms with E-state index < -0.39 is 90.6 Å². The summed E-state index contributed by atoms with van der Waals surface area (Å²) in [6.45, 7) is 0.369. The van der Waals surface area contributed by atoms with Crippen molar-refractivity contribution in [2.75, 3.05) is 38.9 Å². The first-order valence-electron chi connectivity index (χ1n) is 17.4. The van der Waals surface area contributed by atoms with Gasteiger partial charge in [0.25, 0.3) is 0 Å². The Labute approximate surface area is 345 Å². The van der Waals surface area contributed by atoms with Gasteiger partial charge in [-0.1, -0.05) is 59.1 Å². The van der Waals surface area contributed by atoms with Crippen LogP contribution in [0.1, 0.15) is 57.2 Å². The van der Waals surface area contributed by atoms with E-state index in [9.17, 15) is 27.6 Å². The Bertz CT molecular complexity index is 2430. The zero-order valence-corrected chi connectivity index (χ0v) is 33.7. The van der Waals surface area contributed by atoms with Crippen LogP contribution in [-0.4, -0.2) is 76.2 Å². The standard InChI is InChI=1S/C39H33Cl3F2N2O11S/c1-53-37-23(40)10-7-22(30(37)43)33-31(44)32(45)29(42)34(46-33)39(50)57-17-18-3-5-19(6-4-18)20-8-11-24(47)27(35(20)48)36(49)21-9-12-25(58(2,51)52)38(28(21)41)56-14-13-26-54-15-16-55-26/h3-7,9-10,12,20,26-27H,8,11,13-17H2,1-2H3,(H2,45,46). The van der Waals surface area contributed by atoms with Gasteiger partial charge in [-0.15, -0.1) is 0 Å². The lowest BCUT2D eigenvalue weighted by atomic mass is 9.73. The van der Waals surface area contributed by atoms with Crippen LogP contribution in [-0.2, 0) is 40.2 Å². The molecule has 1 aromatic heterocycles. The van der Waals surface area contributed by atoms with E-state index in [-0.39, 0.29) is 64.5 Å². The van der Waals surface area contributed by atoms with Gasteiger partial charge in [0.15, 0.2) is 62.3 Å². The highest BCUT2D eigenvalue weighted by atomic mass is 35.5. The summed E-state index contributed by atoms with van der Waals surface area (Å²) in [5, 5.41) is -1.01. The number of rotatable bonds is 13. The molecule has 58 heavy (non-hydrogen) atoms. The number of ketones is 3. The van der Waals surface area contributed by atoms with Crippen LogP contribution in [0.4, 0.5) is 14.5 Å². The molecular weight excluding hydrogens is 849 g/mol. The number of benzene rings is 3. The third-order valence-corrected chi connectivity index (χ3v) is 11.7. The zero-order valence-electron chi connectivity index (χ0n) is 30.6. The van der Waals surface area contributed by atoms with Crippen LogP contribution in [0.25, 0.3) is 11.3 Å². The van der Waals surface area contributed by atoms with Gasteiger partial charge in [0.2, 0.25) is 0 Å². The molecule has 6 rings (SSSR count). The number of halogens is 5. The van der Waals surface area contributed by atoms with Crippen molar-refractivity contribution in [1.82, 2.24) is 4.98 Å². The molecule has 0 spiro atoms. The van der Waals surface area contributed by atoms with E-state index in [1.807, 2.05) is 0 Å². The third kappa shape index (κ3) is 8.67. The normalized spacial score (nSPS) is 17.4. The largest absolute Gasteiger partial charge is 0.492 e. The van der Waals surface area contributed by atoms with E-state index >= 15 is 8.78 Å². The second kappa shape index (κ2) is 17.6. The number of carbonyl (C=O) groups excluding carboxylic acids is 4. The predicted molar refractivity (Wildman–Crippen MR) is 206 cm³/mol. The molecule has 306 valence electrons. The first-order valence-corrected chi connectivity index (χ1v) is 20.5. The van der Waals surface area contributed by atoms with Crippen molar-refractivity contribution in [3.05, 3.63) is 97.6 Å².